The highest BCUT2D eigenvalue weighted by molar-refractivity contribution is 6.17. The van der Waals surface area contributed by atoms with Crippen molar-refractivity contribution in [3.05, 3.63) is 194 Å². The van der Waals surface area contributed by atoms with E-state index in [-0.39, 0.29) is 0 Å². The zero-order valence-electron chi connectivity index (χ0n) is 28.0. The number of rotatable bonds is 6. The predicted molar refractivity (Wildman–Crippen MR) is 214 cm³/mol. The smallest absolute Gasteiger partial charge is 0.136 e. The van der Waals surface area contributed by atoms with Gasteiger partial charge in [0.05, 0.1) is 11.0 Å². The van der Waals surface area contributed by atoms with E-state index in [2.05, 4.69) is 185 Å². The molecule has 10 rings (SSSR count). The maximum Gasteiger partial charge on any atom is 0.136 e. The Bertz CT molecular complexity index is 2750. The van der Waals surface area contributed by atoms with Gasteiger partial charge in [-0.3, -0.25) is 0 Å². The van der Waals surface area contributed by atoms with Crippen molar-refractivity contribution in [3.63, 3.8) is 0 Å². The SMILES string of the molecule is C1=CCC(c2ccc(N(c3ccc(-c4ccccc4)cc3)c3ccc(-n4c5ccccc5c5cc6oc7ccccc7c6cc54)cc3)cc2)C=C1. The number of aromatic nitrogens is 1. The van der Waals surface area contributed by atoms with Crippen molar-refractivity contribution in [2.75, 3.05) is 4.90 Å². The second-order valence-electron chi connectivity index (χ2n) is 13.3. The van der Waals surface area contributed by atoms with Gasteiger partial charge in [0, 0.05) is 50.2 Å². The maximum atomic E-state index is 6.30. The number of anilines is 3. The summed E-state index contributed by atoms with van der Waals surface area (Å²) in [5.41, 5.74) is 12.4. The number of fused-ring (bicyclic) bond motifs is 6. The Hall–Kier alpha value is -6.58. The van der Waals surface area contributed by atoms with Gasteiger partial charge in [-0.15, -0.1) is 0 Å². The van der Waals surface area contributed by atoms with Crippen LogP contribution in [-0.2, 0) is 0 Å². The van der Waals surface area contributed by atoms with Gasteiger partial charge in [0.1, 0.15) is 11.2 Å². The van der Waals surface area contributed by atoms with E-state index < -0.39 is 0 Å². The van der Waals surface area contributed by atoms with Gasteiger partial charge < -0.3 is 13.9 Å². The summed E-state index contributed by atoms with van der Waals surface area (Å²) < 4.78 is 8.69. The minimum absolute atomic E-state index is 0.412. The minimum Gasteiger partial charge on any atom is -0.456 e. The molecule has 7 aromatic carbocycles. The molecule has 1 unspecified atom stereocenters. The molecule has 0 aliphatic heterocycles. The van der Waals surface area contributed by atoms with Crippen LogP contribution in [0.5, 0.6) is 0 Å². The Morgan fingerprint density at radius 1 is 0.490 bits per heavy atom. The first-order valence-corrected chi connectivity index (χ1v) is 17.6. The van der Waals surface area contributed by atoms with Crippen molar-refractivity contribution in [1.82, 2.24) is 4.57 Å². The standard InChI is InChI=1S/C48H34N2O/c1-3-11-33(12-4-1)35-19-23-37(24-20-35)49(38-25-21-36(22-26-38)34-13-5-2-6-14-34)39-27-29-40(30-28-39)50-45-17-9-7-15-41(45)43-32-48-44(31-46(43)50)42-16-8-10-18-47(42)51-48/h1-13,15-32,34H,14H2. The van der Waals surface area contributed by atoms with Crippen molar-refractivity contribution in [3.8, 4) is 16.8 Å². The molecule has 0 saturated carbocycles. The first-order chi connectivity index (χ1) is 25.3. The van der Waals surface area contributed by atoms with Crippen LogP contribution in [0.15, 0.2) is 193 Å². The fourth-order valence-corrected chi connectivity index (χ4v) is 7.79. The van der Waals surface area contributed by atoms with E-state index in [9.17, 15) is 0 Å². The molecule has 242 valence electrons. The normalized spacial score (nSPS) is 14.2. The van der Waals surface area contributed by atoms with Crippen molar-refractivity contribution < 1.29 is 4.42 Å². The zero-order chi connectivity index (χ0) is 33.7. The third-order valence-corrected chi connectivity index (χ3v) is 10.3. The first kappa shape index (κ1) is 29.3. The fraction of sp³-hybridized carbons (Fsp3) is 0.0417. The Morgan fingerprint density at radius 2 is 1.14 bits per heavy atom. The van der Waals surface area contributed by atoms with Crippen molar-refractivity contribution in [2.45, 2.75) is 12.3 Å². The molecule has 0 amide bonds. The molecule has 9 aromatic rings. The van der Waals surface area contributed by atoms with Gasteiger partial charge in [0.25, 0.3) is 0 Å². The van der Waals surface area contributed by atoms with Crippen LogP contribution in [0.3, 0.4) is 0 Å². The second kappa shape index (κ2) is 12.1. The van der Waals surface area contributed by atoms with Crippen molar-refractivity contribution in [1.29, 1.82) is 0 Å². The summed E-state index contributed by atoms with van der Waals surface area (Å²) in [5, 5.41) is 4.66. The van der Waals surface area contributed by atoms with Crippen LogP contribution in [0, 0.1) is 0 Å². The van der Waals surface area contributed by atoms with E-state index >= 15 is 0 Å². The van der Waals surface area contributed by atoms with Crippen LogP contribution in [-0.4, -0.2) is 4.57 Å². The third-order valence-electron chi connectivity index (χ3n) is 10.3. The average Bonchev–Trinajstić information content (AvgIpc) is 3.73. The second-order valence-corrected chi connectivity index (χ2v) is 13.3. The monoisotopic (exact) mass is 654 g/mol. The van der Waals surface area contributed by atoms with E-state index in [0.717, 1.165) is 51.1 Å². The fourth-order valence-electron chi connectivity index (χ4n) is 7.79. The summed E-state index contributed by atoms with van der Waals surface area (Å²) in [6.45, 7) is 0. The van der Waals surface area contributed by atoms with Gasteiger partial charge in [-0.2, -0.15) is 0 Å². The summed E-state index contributed by atoms with van der Waals surface area (Å²) in [6, 6.07) is 59.0. The molecule has 0 spiro atoms. The molecule has 1 aliphatic rings. The summed E-state index contributed by atoms with van der Waals surface area (Å²) in [7, 11) is 0. The zero-order valence-corrected chi connectivity index (χ0v) is 28.0. The number of benzene rings is 7. The largest absolute Gasteiger partial charge is 0.456 e. The summed E-state index contributed by atoms with van der Waals surface area (Å²) in [5.74, 6) is 0.412. The summed E-state index contributed by atoms with van der Waals surface area (Å²) in [6.07, 6.45) is 9.86. The molecule has 1 aliphatic carbocycles. The molecule has 0 N–H and O–H groups in total. The van der Waals surface area contributed by atoms with Crippen LogP contribution < -0.4 is 4.90 Å². The van der Waals surface area contributed by atoms with E-state index in [0.29, 0.717) is 5.92 Å². The molecule has 0 fully saturated rings. The Labute approximate surface area is 296 Å². The van der Waals surface area contributed by atoms with E-state index in [1.54, 1.807) is 0 Å². The van der Waals surface area contributed by atoms with Crippen LogP contribution >= 0.6 is 0 Å². The Kier molecular flexibility index (Phi) is 6.95. The number of allylic oxidation sites excluding steroid dienone is 4. The van der Waals surface area contributed by atoms with Crippen LogP contribution in [0.4, 0.5) is 17.1 Å². The molecule has 0 radical (unpaired) electrons. The van der Waals surface area contributed by atoms with Crippen LogP contribution in [0.2, 0.25) is 0 Å². The summed E-state index contributed by atoms with van der Waals surface area (Å²) in [4.78, 5) is 2.35. The first-order valence-electron chi connectivity index (χ1n) is 17.6. The van der Waals surface area contributed by atoms with Gasteiger partial charge in [-0.25, -0.2) is 0 Å². The van der Waals surface area contributed by atoms with E-state index in [1.165, 1.54) is 38.5 Å². The Morgan fingerprint density at radius 3 is 1.88 bits per heavy atom. The van der Waals surface area contributed by atoms with Gasteiger partial charge in [0.15, 0.2) is 0 Å². The average molecular weight is 655 g/mol. The number of para-hydroxylation sites is 2. The third kappa shape index (κ3) is 5.05. The van der Waals surface area contributed by atoms with Gasteiger partial charge in [-0.05, 0) is 95.9 Å². The summed E-state index contributed by atoms with van der Waals surface area (Å²) >= 11 is 0. The highest BCUT2D eigenvalue weighted by Crippen LogP contribution is 2.40. The molecule has 0 bridgehead atoms. The topological polar surface area (TPSA) is 21.3 Å². The molecule has 0 saturated heterocycles. The minimum atomic E-state index is 0.412. The van der Waals surface area contributed by atoms with Gasteiger partial charge in [0.2, 0.25) is 0 Å². The number of hydrogen-bond acceptors (Lipinski definition) is 2. The molecular formula is C48H34N2O. The lowest BCUT2D eigenvalue weighted by Crippen LogP contribution is -2.10. The van der Waals surface area contributed by atoms with Crippen molar-refractivity contribution >= 4 is 60.8 Å². The highest BCUT2D eigenvalue weighted by Gasteiger charge is 2.18. The quantitative estimate of drug-likeness (QED) is 0.178. The number of furan rings is 1. The predicted octanol–water partition coefficient (Wildman–Crippen LogP) is 13.4. The van der Waals surface area contributed by atoms with Crippen LogP contribution in [0.25, 0.3) is 60.6 Å². The molecule has 3 nitrogen and oxygen atoms in total. The van der Waals surface area contributed by atoms with Gasteiger partial charge >= 0.3 is 0 Å². The number of hydrogen-bond donors (Lipinski definition) is 0. The molecule has 2 aromatic heterocycles. The van der Waals surface area contributed by atoms with E-state index in [1.807, 2.05) is 12.1 Å². The molecular weight excluding hydrogens is 621 g/mol. The maximum absolute atomic E-state index is 6.30. The lowest BCUT2D eigenvalue weighted by molar-refractivity contribution is 0.669. The number of nitrogens with zero attached hydrogens (tertiary/aromatic N) is 2. The van der Waals surface area contributed by atoms with Crippen LogP contribution in [0.1, 0.15) is 17.9 Å². The lowest BCUT2D eigenvalue weighted by atomic mass is 9.92. The lowest BCUT2D eigenvalue weighted by Gasteiger charge is -2.26. The van der Waals surface area contributed by atoms with Gasteiger partial charge in [-0.1, -0.05) is 115 Å². The highest BCUT2D eigenvalue weighted by atomic mass is 16.3. The molecule has 1 atom stereocenters. The van der Waals surface area contributed by atoms with Crippen molar-refractivity contribution in [2.24, 2.45) is 0 Å². The Balaban J connectivity index is 1.09. The molecule has 2 heterocycles. The van der Waals surface area contributed by atoms with E-state index in [4.69, 9.17) is 4.42 Å². The molecule has 3 heteroatoms. The molecule has 51 heavy (non-hydrogen) atoms.